The Bertz CT molecular complexity index is 468. The van der Waals surface area contributed by atoms with Crippen LogP contribution in [-0.4, -0.2) is 40.2 Å². The molecule has 0 bridgehead atoms. The van der Waals surface area contributed by atoms with Gasteiger partial charge in [-0.15, -0.1) is 0 Å². The van der Waals surface area contributed by atoms with Gasteiger partial charge in [0, 0.05) is 0 Å². The van der Waals surface area contributed by atoms with Crippen molar-refractivity contribution in [2.45, 2.75) is 39.8 Å². The SMILES string of the molecule is COC(=O)C(Nc1nc(Cl)nc(OC(C)C)n1)C(C)C. The summed E-state index contributed by atoms with van der Waals surface area (Å²) in [6.45, 7) is 7.44. The van der Waals surface area contributed by atoms with Gasteiger partial charge in [-0.05, 0) is 31.4 Å². The summed E-state index contributed by atoms with van der Waals surface area (Å²) in [5.41, 5.74) is 0. The molecule has 1 unspecified atom stereocenters. The summed E-state index contributed by atoms with van der Waals surface area (Å²) in [6, 6.07) is -0.472. The van der Waals surface area contributed by atoms with Crippen molar-refractivity contribution in [2.75, 3.05) is 12.4 Å². The zero-order valence-electron chi connectivity index (χ0n) is 12.2. The third kappa shape index (κ3) is 4.80. The van der Waals surface area contributed by atoms with Gasteiger partial charge in [-0.1, -0.05) is 13.8 Å². The Morgan fingerprint density at radius 2 is 1.85 bits per heavy atom. The average Bonchev–Trinajstić information content (AvgIpc) is 2.33. The molecule has 0 spiro atoms. The van der Waals surface area contributed by atoms with Gasteiger partial charge in [0.15, 0.2) is 0 Å². The van der Waals surface area contributed by atoms with Gasteiger partial charge in [-0.25, -0.2) is 4.79 Å². The van der Waals surface area contributed by atoms with Crippen molar-refractivity contribution in [1.82, 2.24) is 15.0 Å². The molecule has 1 rings (SSSR count). The number of esters is 1. The number of hydrogen-bond donors (Lipinski definition) is 1. The fourth-order valence-corrected chi connectivity index (χ4v) is 1.58. The second-order valence-corrected chi connectivity index (χ2v) is 5.10. The molecule has 0 aromatic carbocycles. The fourth-order valence-electron chi connectivity index (χ4n) is 1.42. The largest absolute Gasteiger partial charge is 0.467 e. The van der Waals surface area contributed by atoms with Gasteiger partial charge in [0.25, 0.3) is 0 Å². The predicted molar refractivity (Wildman–Crippen MR) is 74.9 cm³/mol. The number of anilines is 1. The van der Waals surface area contributed by atoms with E-state index < -0.39 is 12.0 Å². The molecule has 1 aromatic heterocycles. The van der Waals surface area contributed by atoms with Gasteiger partial charge in [-0.2, -0.15) is 15.0 Å². The van der Waals surface area contributed by atoms with Crippen LogP contribution in [0.1, 0.15) is 27.7 Å². The lowest BCUT2D eigenvalue weighted by Crippen LogP contribution is -2.36. The molecule has 7 nitrogen and oxygen atoms in total. The summed E-state index contributed by atoms with van der Waals surface area (Å²) in [5, 5.41) is 2.87. The highest BCUT2D eigenvalue weighted by molar-refractivity contribution is 6.28. The summed E-state index contributed by atoms with van der Waals surface area (Å²) in [5.74, 6) is -0.236. The topological polar surface area (TPSA) is 86.2 Å². The van der Waals surface area contributed by atoms with Crippen LogP contribution in [0.2, 0.25) is 5.28 Å². The molecule has 0 aliphatic rings. The van der Waals surface area contributed by atoms with Gasteiger partial charge in [-0.3, -0.25) is 0 Å². The first-order valence-corrected chi connectivity index (χ1v) is 6.63. The van der Waals surface area contributed by atoms with E-state index in [9.17, 15) is 4.79 Å². The van der Waals surface area contributed by atoms with Gasteiger partial charge in [0.05, 0.1) is 13.2 Å². The highest BCUT2D eigenvalue weighted by Crippen LogP contribution is 2.15. The number of carbonyl (C=O) groups is 1. The van der Waals surface area contributed by atoms with E-state index in [1.807, 2.05) is 27.7 Å². The standard InChI is InChI=1S/C12H19ClN4O3/c1-6(2)8(9(18)19-5)14-11-15-10(13)16-12(17-11)20-7(3)4/h6-8H,1-5H3,(H,14,15,16,17). The van der Waals surface area contributed by atoms with Gasteiger partial charge in [0.1, 0.15) is 6.04 Å². The van der Waals surface area contributed by atoms with Crippen molar-refractivity contribution in [2.24, 2.45) is 5.92 Å². The lowest BCUT2D eigenvalue weighted by molar-refractivity contribution is -0.142. The zero-order valence-corrected chi connectivity index (χ0v) is 12.9. The molecule has 8 heteroatoms. The number of nitrogens with zero attached hydrogens (tertiary/aromatic N) is 3. The Kier molecular flexibility index (Phi) is 5.94. The second kappa shape index (κ2) is 7.23. The lowest BCUT2D eigenvalue weighted by atomic mass is 10.1. The van der Waals surface area contributed by atoms with E-state index >= 15 is 0 Å². The van der Waals surface area contributed by atoms with Crippen LogP contribution in [0.4, 0.5) is 5.95 Å². The molecule has 0 fully saturated rings. The van der Waals surface area contributed by atoms with Crippen LogP contribution in [0.15, 0.2) is 0 Å². The third-order valence-electron chi connectivity index (χ3n) is 2.34. The quantitative estimate of drug-likeness (QED) is 0.803. The molecule has 0 saturated carbocycles. The molecular formula is C12H19ClN4O3. The van der Waals surface area contributed by atoms with Crippen molar-refractivity contribution in [3.05, 3.63) is 5.28 Å². The van der Waals surface area contributed by atoms with E-state index in [0.29, 0.717) is 0 Å². The Morgan fingerprint density at radius 1 is 1.20 bits per heavy atom. The molecule has 0 saturated heterocycles. The van der Waals surface area contributed by atoms with Crippen molar-refractivity contribution in [1.29, 1.82) is 0 Å². The van der Waals surface area contributed by atoms with E-state index in [2.05, 4.69) is 20.3 Å². The van der Waals surface area contributed by atoms with Gasteiger partial charge < -0.3 is 14.8 Å². The Morgan fingerprint density at radius 3 is 2.35 bits per heavy atom. The number of ether oxygens (including phenoxy) is 2. The molecule has 1 N–H and O–H groups in total. The first-order valence-electron chi connectivity index (χ1n) is 6.26. The average molecular weight is 303 g/mol. The van der Waals surface area contributed by atoms with Crippen molar-refractivity contribution >= 4 is 23.5 Å². The zero-order chi connectivity index (χ0) is 15.3. The van der Waals surface area contributed by atoms with Crippen LogP contribution in [0.3, 0.4) is 0 Å². The van der Waals surface area contributed by atoms with E-state index in [0.717, 1.165) is 0 Å². The van der Waals surface area contributed by atoms with E-state index in [1.54, 1.807) is 0 Å². The molecule has 1 atom stereocenters. The van der Waals surface area contributed by atoms with Crippen LogP contribution in [0.25, 0.3) is 0 Å². The normalized spacial score (nSPS) is 12.4. The first-order chi connectivity index (χ1) is 9.33. The molecule has 0 amide bonds. The number of nitrogens with one attached hydrogen (secondary N) is 1. The van der Waals surface area contributed by atoms with Crippen molar-refractivity contribution < 1.29 is 14.3 Å². The molecule has 0 aliphatic carbocycles. The predicted octanol–water partition coefficient (Wildman–Crippen LogP) is 1.92. The smallest absolute Gasteiger partial charge is 0.328 e. The van der Waals surface area contributed by atoms with E-state index in [-0.39, 0.29) is 29.3 Å². The first kappa shape index (κ1) is 16.4. The Balaban J connectivity index is 2.95. The third-order valence-corrected chi connectivity index (χ3v) is 2.50. The van der Waals surface area contributed by atoms with Crippen LogP contribution >= 0.6 is 11.6 Å². The van der Waals surface area contributed by atoms with Crippen LogP contribution in [0, 0.1) is 5.92 Å². The Hall–Kier alpha value is -1.63. The van der Waals surface area contributed by atoms with E-state index in [4.69, 9.17) is 21.1 Å². The maximum absolute atomic E-state index is 11.7. The maximum Gasteiger partial charge on any atom is 0.328 e. The summed E-state index contributed by atoms with van der Waals surface area (Å²) in [7, 11) is 1.33. The minimum absolute atomic E-state index is 0.00698. The minimum Gasteiger partial charge on any atom is -0.467 e. The highest BCUT2D eigenvalue weighted by atomic mass is 35.5. The molecule has 1 aromatic rings. The number of aromatic nitrogens is 3. The molecule has 0 aliphatic heterocycles. The second-order valence-electron chi connectivity index (χ2n) is 4.77. The molecule has 0 radical (unpaired) electrons. The molecule has 112 valence electrons. The highest BCUT2D eigenvalue weighted by Gasteiger charge is 2.24. The van der Waals surface area contributed by atoms with Crippen LogP contribution in [0.5, 0.6) is 6.01 Å². The number of halogens is 1. The summed E-state index contributed by atoms with van der Waals surface area (Å²) in [4.78, 5) is 23.5. The summed E-state index contributed by atoms with van der Waals surface area (Å²) < 4.78 is 10.1. The molecule has 1 heterocycles. The van der Waals surface area contributed by atoms with E-state index in [1.165, 1.54) is 7.11 Å². The number of rotatable bonds is 6. The van der Waals surface area contributed by atoms with Gasteiger partial charge in [0.2, 0.25) is 11.2 Å². The summed E-state index contributed by atoms with van der Waals surface area (Å²) in [6.07, 6.45) is -0.0946. The summed E-state index contributed by atoms with van der Waals surface area (Å²) >= 11 is 5.81. The van der Waals surface area contributed by atoms with Crippen LogP contribution < -0.4 is 10.1 Å². The monoisotopic (exact) mass is 302 g/mol. The van der Waals surface area contributed by atoms with Gasteiger partial charge >= 0.3 is 12.0 Å². The maximum atomic E-state index is 11.7. The van der Waals surface area contributed by atoms with Crippen LogP contribution in [-0.2, 0) is 9.53 Å². The minimum atomic E-state index is -0.578. The molecular weight excluding hydrogens is 284 g/mol. The molecule has 20 heavy (non-hydrogen) atoms. The van der Waals surface area contributed by atoms with Crippen molar-refractivity contribution in [3.8, 4) is 6.01 Å². The Labute approximate surface area is 123 Å². The fraction of sp³-hybridized carbons (Fsp3) is 0.667. The van der Waals surface area contributed by atoms with Crippen molar-refractivity contribution in [3.63, 3.8) is 0 Å². The number of hydrogen-bond acceptors (Lipinski definition) is 7. The lowest BCUT2D eigenvalue weighted by Gasteiger charge is -2.19. The number of carbonyl (C=O) groups excluding carboxylic acids is 1. The number of methoxy groups -OCH3 is 1.